The van der Waals surface area contributed by atoms with Crippen molar-refractivity contribution in [2.24, 2.45) is 12.8 Å². The number of hydrogen-bond acceptors (Lipinski definition) is 2. The van der Waals surface area contributed by atoms with Crippen LogP contribution < -0.4 is 5.73 Å². The van der Waals surface area contributed by atoms with E-state index in [-0.39, 0.29) is 0 Å². The summed E-state index contributed by atoms with van der Waals surface area (Å²) in [4.78, 5) is 11.8. The first-order valence-corrected chi connectivity index (χ1v) is 7.65. The minimum Gasteiger partial charge on any atom is -0.364 e. The molecule has 0 atom stereocenters. The molecule has 3 rings (SSSR count). The van der Waals surface area contributed by atoms with Gasteiger partial charge in [0.05, 0.1) is 22.7 Å². The molecular formula is C19H14F3N3O. The predicted octanol–water partition coefficient (Wildman–Crippen LogP) is 4.14. The maximum absolute atomic E-state index is 12.8. The van der Waals surface area contributed by atoms with E-state index in [2.05, 4.69) is 0 Å². The summed E-state index contributed by atoms with van der Waals surface area (Å²) in [6.07, 6.45) is -4.43. The smallest absolute Gasteiger partial charge is 0.364 e. The van der Waals surface area contributed by atoms with Crippen molar-refractivity contribution < 1.29 is 18.0 Å². The third-order valence-electron chi connectivity index (χ3n) is 4.43. The minimum atomic E-state index is -4.43. The Bertz CT molecular complexity index is 1070. The Morgan fingerprint density at radius 3 is 2.31 bits per heavy atom. The van der Waals surface area contributed by atoms with Crippen LogP contribution in [0.5, 0.6) is 0 Å². The van der Waals surface area contributed by atoms with Gasteiger partial charge in [-0.3, -0.25) is 4.79 Å². The Balaban J connectivity index is 2.34. The van der Waals surface area contributed by atoms with Crippen LogP contribution in [-0.2, 0) is 13.2 Å². The number of primary amides is 1. The van der Waals surface area contributed by atoms with Crippen LogP contribution in [0.15, 0.2) is 36.4 Å². The molecule has 1 heterocycles. The molecule has 7 heteroatoms. The van der Waals surface area contributed by atoms with Gasteiger partial charge in [-0.15, -0.1) is 0 Å². The van der Waals surface area contributed by atoms with Gasteiger partial charge in [0, 0.05) is 18.0 Å². The summed E-state index contributed by atoms with van der Waals surface area (Å²) in [5, 5.41) is 9.96. The molecule has 2 N–H and O–H groups in total. The highest BCUT2D eigenvalue weighted by Gasteiger charge is 2.30. The number of hydrogen-bond donors (Lipinski definition) is 1. The fraction of sp³-hybridized carbons (Fsp3) is 0.158. The van der Waals surface area contributed by atoms with E-state index >= 15 is 0 Å². The van der Waals surface area contributed by atoms with Gasteiger partial charge in [-0.25, -0.2) is 0 Å². The summed E-state index contributed by atoms with van der Waals surface area (Å²) in [5.41, 5.74) is 7.67. The van der Waals surface area contributed by atoms with Crippen molar-refractivity contribution in [3.05, 3.63) is 58.8 Å². The molecule has 2 aromatic carbocycles. The molecule has 0 aliphatic rings. The van der Waals surface area contributed by atoms with Crippen molar-refractivity contribution in [2.75, 3.05) is 0 Å². The topological polar surface area (TPSA) is 71.8 Å². The third-order valence-corrected chi connectivity index (χ3v) is 4.43. The summed E-state index contributed by atoms with van der Waals surface area (Å²) in [6, 6.07) is 9.97. The van der Waals surface area contributed by atoms with E-state index < -0.39 is 17.6 Å². The van der Waals surface area contributed by atoms with Gasteiger partial charge in [-0.2, -0.15) is 18.4 Å². The van der Waals surface area contributed by atoms with E-state index in [0.29, 0.717) is 38.9 Å². The Hall–Kier alpha value is -3.27. The van der Waals surface area contributed by atoms with Gasteiger partial charge in [0.2, 0.25) is 0 Å². The van der Waals surface area contributed by atoms with Gasteiger partial charge < -0.3 is 10.3 Å². The van der Waals surface area contributed by atoms with Crippen molar-refractivity contribution in [1.29, 1.82) is 5.26 Å². The van der Waals surface area contributed by atoms with Crippen LogP contribution in [0.3, 0.4) is 0 Å². The van der Waals surface area contributed by atoms with Crippen molar-refractivity contribution in [2.45, 2.75) is 13.1 Å². The van der Waals surface area contributed by atoms with Gasteiger partial charge in [0.15, 0.2) is 0 Å². The molecule has 3 aromatic rings. The highest BCUT2D eigenvalue weighted by atomic mass is 19.4. The normalized spacial score (nSPS) is 11.5. The SMILES string of the molecule is Cc1c(C(N)=O)n(C)c2c(-c3ccc(C(F)(F)F)cc3)cc(C#N)cc12. The fourth-order valence-corrected chi connectivity index (χ4v) is 3.25. The number of carbonyl (C=O) groups is 1. The maximum atomic E-state index is 12.8. The summed E-state index contributed by atoms with van der Waals surface area (Å²) in [5.74, 6) is -0.613. The van der Waals surface area contributed by atoms with Gasteiger partial charge in [-0.1, -0.05) is 12.1 Å². The van der Waals surface area contributed by atoms with E-state index in [1.165, 1.54) is 12.1 Å². The number of carbonyl (C=O) groups excluding carboxylic acids is 1. The highest BCUT2D eigenvalue weighted by Crippen LogP contribution is 2.36. The Kier molecular flexibility index (Phi) is 3.99. The number of aryl methyl sites for hydroxylation is 2. The van der Waals surface area contributed by atoms with E-state index in [4.69, 9.17) is 5.73 Å². The van der Waals surface area contributed by atoms with Gasteiger partial charge in [0.1, 0.15) is 5.69 Å². The van der Waals surface area contributed by atoms with Crippen LogP contribution >= 0.6 is 0 Å². The number of benzene rings is 2. The standard InChI is InChI=1S/C19H14F3N3O/c1-10-14-7-11(9-23)8-15(17(14)25(2)16(10)18(24)26)12-3-5-13(6-4-12)19(20,21)22/h3-8H,1-2H3,(H2,24,26). The van der Waals surface area contributed by atoms with E-state index in [1.807, 2.05) is 6.07 Å². The largest absolute Gasteiger partial charge is 0.416 e. The molecule has 1 amide bonds. The summed E-state index contributed by atoms with van der Waals surface area (Å²) in [7, 11) is 1.66. The van der Waals surface area contributed by atoms with Crippen molar-refractivity contribution in [3.8, 4) is 17.2 Å². The third kappa shape index (κ3) is 2.69. The van der Waals surface area contributed by atoms with Crippen LogP contribution in [0.25, 0.3) is 22.0 Å². The van der Waals surface area contributed by atoms with Crippen molar-refractivity contribution >= 4 is 16.8 Å². The average Bonchev–Trinajstić information content (AvgIpc) is 2.84. The molecule has 0 spiro atoms. The Morgan fingerprint density at radius 2 is 1.81 bits per heavy atom. The molecule has 0 unspecified atom stereocenters. The minimum absolute atomic E-state index is 0.295. The second kappa shape index (κ2) is 5.92. The second-order valence-corrected chi connectivity index (χ2v) is 6.00. The summed E-state index contributed by atoms with van der Waals surface area (Å²) < 4.78 is 40.0. The van der Waals surface area contributed by atoms with E-state index in [9.17, 15) is 23.2 Å². The number of nitrogens with zero attached hydrogens (tertiary/aromatic N) is 2. The van der Waals surface area contributed by atoms with Crippen LogP contribution in [0.1, 0.15) is 27.2 Å². The highest BCUT2D eigenvalue weighted by molar-refractivity contribution is 6.05. The molecule has 0 saturated heterocycles. The molecule has 4 nitrogen and oxygen atoms in total. The number of halogens is 3. The molecule has 0 bridgehead atoms. The number of nitrogens with two attached hydrogens (primary N) is 1. The fourth-order valence-electron chi connectivity index (χ4n) is 3.25. The second-order valence-electron chi connectivity index (χ2n) is 6.00. The zero-order chi connectivity index (χ0) is 19.2. The number of fused-ring (bicyclic) bond motifs is 1. The van der Waals surface area contributed by atoms with Gasteiger partial charge in [0.25, 0.3) is 5.91 Å². The molecule has 0 saturated carbocycles. The molecule has 0 aliphatic carbocycles. The molecule has 0 radical (unpaired) electrons. The maximum Gasteiger partial charge on any atom is 0.416 e. The van der Waals surface area contributed by atoms with Crippen molar-refractivity contribution in [3.63, 3.8) is 0 Å². The van der Waals surface area contributed by atoms with Crippen LogP contribution in [-0.4, -0.2) is 10.5 Å². The average molecular weight is 357 g/mol. The molecule has 0 fully saturated rings. The van der Waals surface area contributed by atoms with E-state index in [1.54, 1.807) is 30.7 Å². The number of aromatic nitrogens is 1. The Labute approximate surface area is 147 Å². The first-order valence-electron chi connectivity index (χ1n) is 7.65. The Morgan fingerprint density at radius 1 is 1.19 bits per heavy atom. The van der Waals surface area contributed by atoms with Crippen molar-refractivity contribution in [1.82, 2.24) is 4.57 Å². The summed E-state index contributed by atoms with van der Waals surface area (Å²) in [6.45, 7) is 1.72. The van der Waals surface area contributed by atoms with Gasteiger partial charge >= 0.3 is 6.18 Å². The van der Waals surface area contributed by atoms with Crippen LogP contribution in [0.2, 0.25) is 0 Å². The number of amides is 1. The molecule has 0 aliphatic heterocycles. The van der Waals surface area contributed by atoms with Gasteiger partial charge in [-0.05, 0) is 42.3 Å². The zero-order valence-electron chi connectivity index (χ0n) is 14.0. The predicted molar refractivity (Wildman–Crippen MR) is 91.3 cm³/mol. The zero-order valence-corrected chi connectivity index (χ0v) is 14.0. The lowest BCUT2D eigenvalue weighted by Crippen LogP contribution is -2.16. The molecule has 132 valence electrons. The lowest BCUT2D eigenvalue weighted by molar-refractivity contribution is -0.137. The first-order chi connectivity index (χ1) is 12.1. The van der Waals surface area contributed by atoms with Crippen LogP contribution in [0, 0.1) is 18.3 Å². The number of rotatable bonds is 2. The number of alkyl halides is 3. The monoisotopic (exact) mass is 357 g/mol. The molecular weight excluding hydrogens is 343 g/mol. The number of nitriles is 1. The lowest BCUT2D eigenvalue weighted by Gasteiger charge is -2.11. The molecule has 26 heavy (non-hydrogen) atoms. The first kappa shape index (κ1) is 17.5. The van der Waals surface area contributed by atoms with E-state index in [0.717, 1.165) is 12.1 Å². The lowest BCUT2D eigenvalue weighted by atomic mass is 9.98. The quantitative estimate of drug-likeness (QED) is 0.749. The van der Waals surface area contributed by atoms with Crippen LogP contribution in [0.4, 0.5) is 13.2 Å². The summed E-state index contributed by atoms with van der Waals surface area (Å²) >= 11 is 0. The molecule has 1 aromatic heterocycles.